The van der Waals surface area contributed by atoms with Gasteiger partial charge in [-0.1, -0.05) is 64.5 Å². The lowest BCUT2D eigenvalue weighted by atomic mass is 9.95. The molecule has 1 aliphatic heterocycles. The Labute approximate surface area is 260 Å². The number of ketones is 1. The molecule has 2 heterocycles. The smallest absolute Gasteiger partial charge is 0.301 e. The first-order valence-corrected chi connectivity index (χ1v) is 15.5. The van der Waals surface area contributed by atoms with Crippen LogP contribution in [-0.2, 0) is 15.3 Å². The molecule has 1 N–H and O–H groups in total. The molecule has 1 aromatic heterocycles. The van der Waals surface area contributed by atoms with E-state index in [0.717, 1.165) is 5.56 Å². The Morgan fingerprint density at radius 1 is 0.976 bits per heavy atom. The van der Waals surface area contributed by atoms with Gasteiger partial charge in [-0.3, -0.25) is 14.5 Å². The average Bonchev–Trinajstić information content (AvgIpc) is 3.55. The van der Waals surface area contributed by atoms with Crippen LogP contribution in [0.5, 0.6) is 11.5 Å². The molecule has 1 amide bonds. The second-order valence-electron chi connectivity index (χ2n) is 9.01. The van der Waals surface area contributed by atoms with Crippen molar-refractivity contribution in [2.45, 2.75) is 30.0 Å². The number of ether oxygens (including phenoxy) is 2. The van der Waals surface area contributed by atoms with Gasteiger partial charge < -0.3 is 14.6 Å². The van der Waals surface area contributed by atoms with E-state index in [0.29, 0.717) is 56.0 Å². The molecule has 0 spiro atoms. The highest BCUT2D eigenvalue weighted by atomic mass is 35.5. The van der Waals surface area contributed by atoms with Gasteiger partial charge in [-0.25, -0.2) is 0 Å². The van der Waals surface area contributed by atoms with Gasteiger partial charge in [-0.2, -0.15) is 0 Å². The van der Waals surface area contributed by atoms with E-state index >= 15 is 0 Å². The largest absolute Gasteiger partial charge is 0.507 e. The quantitative estimate of drug-likeness (QED) is 0.0622. The Morgan fingerprint density at radius 3 is 2.43 bits per heavy atom. The molecule has 1 saturated heterocycles. The highest BCUT2D eigenvalue weighted by molar-refractivity contribution is 8.00. The Bertz CT molecular complexity index is 1660. The van der Waals surface area contributed by atoms with E-state index in [4.69, 9.17) is 32.7 Å². The molecule has 0 aliphatic carbocycles. The fourth-order valence-electron chi connectivity index (χ4n) is 4.45. The second-order valence-corrected chi connectivity index (χ2v) is 12.0. The maximum Gasteiger partial charge on any atom is 0.301 e. The van der Waals surface area contributed by atoms with Crippen molar-refractivity contribution in [1.82, 2.24) is 10.2 Å². The molecule has 8 nitrogen and oxygen atoms in total. The Hall–Kier alpha value is -3.57. The van der Waals surface area contributed by atoms with Crippen molar-refractivity contribution in [3.8, 4) is 11.5 Å². The van der Waals surface area contributed by atoms with Gasteiger partial charge in [0.1, 0.15) is 17.3 Å². The SMILES string of the molecule is CCOc1ccc(/C(O)=C2\C(=O)C(=O)N(c3nnc(SCc4ccc(Cl)cc4Cl)s3)C2c2cccc(OCC)c2)cc1. The van der Waals surface area contributed by atoms with Crippen LogP contribution in [-0.4, -0.2) is 40.2 Å². The van der Waals surface area contributed by atoms with Gasteiger partial charge in [0, 0.05) is 21.4 Å². The molecule has 1 atom stereocenters. The molecular weight excluding hydrogens is 617 g/mol. The monoisotopic (exact) mass is 641 g/mol. The van der Waals surface area contributed by atoms with Crippen LogP contribution in [0.3, 0.4) is 0 Å². The van der Waals surface area contributed by atoms with Crippen LogP contribution in [0.4, 0.5) is 5.13 Å². The van der Waals surface area contributed by atoms with Crippen LogP contribution in [0, 0.1) is 0 Å². The summed E-state index contributed by atoms with van der Waals surface area (Å²) in [6, 6.07) is 18.1. The minimum Gasteiger partial charge on any atom is -0.507 e. The zero-order valence-electron chi connectivity index (χ0n) is 22.5. The highest BCUT2D eigenvalue weighted by Crippen LogP contribution is 2.45. The number of hydrogen-bond acceptors (Lipinski definition) is 9. The molecule has 0 saturated carbocycles. The van der Waals surface area contributed by atoms with Gasteiger partial charge in [0.25, 0.3) is 5.78 Å². The maximum absolute atomic E-state index is 13.5. The van der Waals surface area contributed by atoms with Gasteiger partial charge in [0.15, 0.2) is 4.34 Å². The van der Waals surface area contributed by atoms with E-state index in [1.165, 1.54) is 28.0 Å². The van der Waals surface area contributed by atoms with Crippen molar-refractivity contribution in [1.29, 1.82) is 0 Å². The third-order valence-corrected chi connectivity index (χ3v) is 9.03. The van der Waals surface area contributed by atoms with Crippen molar-refractivity contribution < 1.29 is 24.2 Å². The van der Waals surface area contributed by atoms with E-state index in [9.17, 15) is 14.7 Å². The van der Waals surface area contributed by atoms with Crippen LogP contribution in [0.25, 0.3) is 5.76 Å². The van der Waals surface area contributed by atoms with Gasteiger partial charge >= 0.3 is 5.91 Å². The molecule has 1 fully saturated rings. The number of thioether (sulfide) groups is 1. The second kappa shape index (κ2) is 13.2. The highest BCUT2D eigenvalue weighted by Gasteiger charge is 2.48. The summed E-state index contributed by atoms with van der Waals surface area (Å²) in [7, 11) is 0. The minimum absolute atomic E-state index is 0.0600. The zero-order chi connectivity index (χ0) is 29.8. The van der Waals surface area contributed by atoms with Gasteiger partial charge in [0.05, 0.1) is 24.8 Å². The molecule has 0 bridgehead atoms. The van der Waals surface area contributed by atoms with E-state index < -0.39 is 17.7 Å². The lowest BCUT2D eigenvalue weighted by molar-refractivity contribution is -0.132. The first-order chi connectivity index (χ1) is 20.3. The van der Waals surface area contributed by atoms with Gasteiger partial charge in [0.2, 0.25) is 5.13 Å². The lowest BCUT2D eigenvalue weighted by Crippen LogP contribution is -2.29. The Balaban J connectivity index is 1.53. The number of Topliss-reactive ketones (excluding diaryl/α,β-unsaturated/α-hetero) is 1. The number of rotatable bonds is 10. The topological polar surface area (TPSA) is 102 Å². The van der Waals surface area contributed by atoms with Crippen LogP contribution in [0.1, 0.15) is 36.6 Å². The van der Waals surface area contributed by atoms with E-state index in [1.807, 2.05) is 19.9 Å². The predicted octanol–water partition coefficient (Wildman–Crippen LogP) is 7.56. The molecule has 4 aromatic rings. The molecule has 0 radical (unpaired) electrons. The van der Waals surface area contributed by atoms with Crippen molar-refractivity contribution in [2.75, 3.05) is 18.1 Å². The summed E-state index contributed by atoms with van der Waals surface area (Å²) in [6.07, 6.45) is 0. The van der Waals surface area contributed by atoms with E-state index in [2.05, 4.69) is 10.2 Å². The Morgan fingerprint density at radius 2 is 1.71 bits per heavy atom. The number of carbonyl (C=O) groups is 2. The number of halogens is 2. The summed E-state index contributed by atoms with van der Waals surface area (Å²) < 4.78 is 11.8. The molecule has 42 heavy (non-hydrogen) atoms. The van der Waals surface area contributed by atoms with E-state index in [1.54, 1.807) is 60.7 Å². The van der Waals surface area contributed by atoms with Crippen molar-refractivity contribution in [3.63, 3.8) is 0 Å². The molecular formula is C30H25Cl2N3O5S2. The predicted molar refractivity (Wildman–Crippen MR) is 166 cm³/mol. The van der Waals surface area contributed by atoms with Crippen LogP contribution in [0.2, 0.25) is 10.0 Å². The minimum atomic E-state index is -0.964. The normalized spacial score (nSPS) is 16.2. The molecule has 3 aromatic carbocycles. The van der Waals surface area contributed by atoms with Crippen LogP contribution >= 0.6 is 46.3 Å². The molecule has 12 heteroatoms. The number of amides is 1. The number of nitrogens with zero attached hydrogens (tertiary/aromatic N) is 3. The number of carbonyl (C=O) groups excluding carboxylic acids is 2. The number of aliphatic hydroxyl groups is 1. The number of hydrogen-bond donors (Lipinski definition) is 1. The average molecular weight is 643 g/mol. The van der Waals surface area contributed by atoms with Gasteiger partial charge in [-0.05, 0) is 73.5 Å². The number of aliphatic hydroxyl groups excluding tert-OH is 1. The summed E-state index contributed by atoms with van der Waals surface area (Å²) >= 11 is 14.9. The van der Waals surface area contributed by atoms with Crippen molar-refractivity contribution >= 4 is 68.9 Å². The van der Waals surface area contributed by atoms with Crippen molar-refractivity contribution in [2.24, 2.45) is 0 Å². The first-order valence-electron chi connectivity index (χ1n) is 13.0. The Kier molecular flexibility index (Phi) is 9.37. The lowest BCUT2D eigenvalue weighted by Gasteiger charge is -2.23. The van der Waals surface area contributed by atoms with Crippen molar-refractivity contribution in [3.05, 3.63) is 99.0 Å². The zero-order valence-corrected chi connectivity index (χ0v) is 25.7. The number of aromatic nitrogens is 2. The third-order valence-electron chi connectivity index (χ3n) is 6.34. The molecule has 1 aliphatic rings. The van der Waals surface area contributed by atoms with E-state index in [-0.39, 0.29) is 16.5 Å². The summed E-state index contributed by atoms with van der Waals surface area (Å²) in [5.74, 6) is -0.263. The van der Waals surface area contributed by atoms with Gasteiger partial charge in [-0.15, -0.1) is 10.2 Å². The molecule has 5 rings (SSSR count). The number of benzene rings is 3. The third kappa shape index (κ3) is 6.27. The van der Waals surface area contributed by atoms with Crippen LogP contribution in [0.15, 0.2) is 76.6 Å². The summed E-state index contributed by atoms with van der Waals surface area (Å²) in [5, 5.41) is 21.2. The standard InChI is InChI=1S/C30H25Cl2N3O5S2/c1-3-39-21-12-9-17(10-13-21)26(36)24-25(18-6-5-7-22(14-18)40-4-2)35(28(38)27(24)37)29-33-34-30(42-29)41-16-19-8-11-20(31)15-23(19)32/h5-15,25,36H,3-4,16H2,1-2H3/b26-24+. The fraction of sp³-hybridized carbons (Fsp3) is 0.200. The first kappa shape index (κ1) is 29.9. The summed E-state index contributed by atoms with van der Waals surface area (Å²) in [4.78, 5) is 28.3. The maximum atomic E-state index is 13.5. The summed E-state index contributed by atoms with van der Waals surface area (Å²) in [5.41, 5.74) is 1.75. The fourth-order valence-corrected chi connectivity index (χ4v) is 6.88. The van der Waals surface area contributed by atoms with Crippen LogP contribution < -0.4 is 14.4 Å². The molecule has 216 valence electrons. The summed E-state index contributed by atoms with van der Waals surface area (Å²) in [6.45, 7) is 4.66. The number of anilines is 1. The molecule has 1 unspecified atom stereocenters.